The Morgan fingerprint density at radius 1 is 1.65 bits per heavy atom. The maximum atomic E-state index is 12.0. The molecule has 6 nitrogen and oxygen atoms in total. The van der Waals surface area contributed by atoms with Crippen molar-refractivity contribution in [1.82, 2.24) is 20.4 Å². The third-order valence-electron chi connectivity index (χ3n) is 2.94. The summed E-state index contributed by atoms with van der Waals surface area (Å²) < 4.78 is 4.98. The number of hydrogen-bond acceptors (Lipinski definition) is 5. The molecule has 1 atom stereocenters. The zero-order valence-electron chi connectivity index (χ0n) is 10.3. The molecule has 0 aromatic carbocycles. The summed E-state index contributed by atoms with van der Waals surface area (Å²) in [5, 5.41) is 6.96. The first-order chi connectivity index (χ1) is 8.16. The third kappa shape index (κ3) is 3.03. The van der Waals surface area contributed by atoms with Crippen molar-refractivity contribution in [2.75, 3.05) is 19.6 Å². The molecule has 1 aliphatic rings. The minimum absolute atomic E-state index is 0.162. The van der Waals surface area contributed by atoms with Crippen molar-refractivity contribution < 1.29 is 9.32 Å². The lowest BCUT2D eigenvalue weighted by molar-refractivity contribution is -0.134. The number of aryl methyl sites for hydroxylation is 2. The van der Waals surface area contributed by atoms with Crippen molar-refractivity contribution in [3.8, 4) is 0 Å². The van der Waals surface area contributed by atoms with Crippen LogP contribution in [0.25, 0.3) is 0 Å². The third-order valence-corrected chi connectivity index (χ3v) is 2.94. The van der Waals surface area contributed by atoms with Crippen LogP contribution in [0.5, 0.6) is 0 Å². The molecule has 6 heteroatoms. The van der Waals surface area contributed by atoms with E-state index in [0.29, 0.717) is 24.6 Å². The Kier molecular flexibility index (Phi) is 3.73. The SMILES string of the molecule is Cc1noc(CCC(=O)N2CCNC[C@@H]2C)n1. The predicted octanol–water partition coefficient (Wildman–Crippen LogP) is 0.131. The van der Waals surface area contributed by atoms with Gasteiger partial charge in [0, 0.05) is 38.5 Å². The lowest BCUT2D eigenvalue weighted by Gasteiger charge is -2.34. The number of carbonyl (C=O) groups is 1. The highest BCUT2D eigenvalue weighted by Crippen LogP contribution is 2.07. The molecule has 0 radical (unpaired) electrons. The summed E-state index contributed by atoms with van der Waals surface area (Å²) in [5.41, 5.74) is 0. The molecule has 0 aliphatic carbocycles. The molecule has 1 aromatic rings. The molecule has 17 heavy (non-hydrogen) atoms. The topological polar surface area (TPSA) is 71.3 Å². The summed E-state index contributed by atoms with van der Waals surface area (Å²) in [6.07, 6.45) is 0.961. The van der Waals surface area contributed by atoms with Gasteiger partial charge >= 0.3 is 0 Å². The molecule has 1 aliphatic heterocycles. The van der Waals surface area contributed by atoms with Crippen molar-refractivity contribution in [3.05, 3.63) is 11.7 Å². The summed E-state index contributed by atoms with van der Waals surface area (Å²) in [7, 11) is 0. The minimum Gasteiger partial charge on any atom is -0.339 e. The van der Waals surface area contributed by atoms with Crippen LogP contribution >= 0.6 is 0 Å². The molecule has 0 unspecified atom stereocenters. The maximum Gasteiger partial charge on any atom is 0.227 e. The number of rotatable bonds is 3. The average Bonchev–Trinajstić information content (AvgIpc) is 2.73. The summed E-state index contributed by atoms with van der Waals surface area (Å²) in [5.74, 6) is 1.32. The van der Waals surface area contributed by atoms with Crippen molar-refractivity contribution in [2.45, 2.75) is 32.7 Å². The summed E-state index contributed by atoms with van der Waals surface area (Å²) in [6, 6.07) is 0.265. The highest BCUT2D eigenvalue weighted by atomic mass is 16.5. The number of hydrogen-bond donors (Lipinski definition) is 1. The second kappa shape index (κ2) is 5.27. The van der Waals surface area contributed by atoms with Crippen molar-refractivity contribution in [3.63, 3.8) is 0 Å². The van der Waals surface area contributed by atoms with E-state index in [1.54, 1.807) is 6.92 Å². The smallest absolute Gasteiger partial charge is 0.227 e. The van der Waals surface area contributed by atoms with Crippen LogP contribution in [0.3, 0.4) is 0 Å². The fourth-order valence-electron chi connectivity index (χ4n) is 2.01. The van der Waals surface area contributed by atoms with Gasteiger partial charge in [-0.25, -0.2) is 0 Å². The summed E-state index contributed by atoms with van der Waals surface area (Å²) in [6.45, 7) is 6.35. The molecular formula is C11H18N4O2. The van der Waals surface area contributed by atoms with E-state index in [1.165, 1.54) is 0 Å². The van der Waals surface area contributed by atoms with Crippen molar-refractivity contribution in [1.29, 1.82) is 0 Å². The predicted molar refractivity (Wildman–Crippen MR) is 61.4 cm³/mol. The molecule has 1 N–H and O–H groups in total. The van der Waals surface area contributed by atoms with Gasteiger partial charge in [0.1, 0.15) is 0 Å². The number of carbonyl (C=O) groups excluding carboxylic acids is 1. The average molecular weight is 238 g/mol. The van der Waals surface area contributed by atoms with Crippen LogP contribution in [-0.2, 0) is 11.2 Å². The van der Waals surface area contributed by atoms with Gasteiger partial charge in [-0.15, -0.1) is 0 Å². The van der Waals surface area contributed by atoms with Crippen LogP contribution in [0.2, 0.25) is 0 Å². The highest BCUT2D eigenvalue weighted by molar-refractivity contribution is 5.76. The summed E-state index contributed by atoms with van der Waals surface area (Å²) in [4.78, 5) is 18.0. The number of piperazine rings is 1. The van der Waals surface area contributed by atoms with Gasteiger partial charge in [-0.2, -0.15) is 4.98 Å². The van der Waals surface area contributed by atoms with Crippen molar-refractivity contribution in [2.24, 2.45) is 0 Å². The normalized spacial score (nSPS) is 20.6. The van der Waals surface area contributed by atoms with Crippen LogP contribution in [0, 0.1) is 6.92 Å². The first-order valence-electron chi connectivity index (χ1n) is 5.96. The zero-order valence-corrected chi connectivity index (χ0v) is 10.3. The lowest BCUT2D eigenvalue weighted by atomic mass is 10.2. The monoisotopic (exact) mass is 238 g/mol. The first-order valence-corrected chi connectivity index (χ1v) is 5.96. The van der Waals surface area contributed by atoms with Gasteiger partial charge in [0.25, 0.3) is 0 Å². The Morgan fingerprint density at radius 2 is 2.47 bits per heavy atom. The Morgan fingerprint density at radius 3 is 3.12 bits per heavy atom. The Balaban J connectivity index is 1.84. The minimum atomic E-state index is 0.162. The first kappa shape index (κ1) is 12.0. The largest absolute Gasteiger partial charge is 0.339 e. The molecule has 0 saturated carbocycles. The molecule has 2 rings (SSSR count). The van der Waals surface area contributed by atoms with Gasteiger partial charge in [0.15, 0.2) is 5.82 Å². The van der Waals surface area contributed by atoms with Gasteiger partial charge in [-0.1, -0.05) is 5.16 Å². The number of amides is 1. The van der Waals surface area contributed by atoms with Crippen LogP contribution < -0.4 is 5.32 Å². The van der Waals surface area contributed by atoms with E-state index in [1.807, 2.05) is 4.90 Å². The maximum absolute atomic E-state index is 12.0. The van der Waals surface area contributed by atoms with Crippen LogP contribution in [0.4, 0.5) is 0 Å². The highest BCUT2D eigenvalue weighted by Gasteiger charge is 2.22. The zero-order chi connectivity index (χ0) is 12.3. The Hall–Kier alpha value is -1.43. The molecule has 1 aromatic heterocycles. The van der Waals surface area contributed by atoms with E-state index in [4.69, 9.17) is 4.52 Å². The fraction of sp³-hybridized carbons (Fsp3) is 0.727. The van der Waals surface area contributed by atoms with Crippen molar-refractivity contribution >= 4 is 5.91 Å². The molecular weight excluding hydrogens is 220 g/mol. The second-order valence-electron chi connectivity index (χ2n) is 4.38. The molecule has 0 spiro atoms. The second-order valence-corrected chi connectivity index (χ2v) is 4.38. The van der Waals surface area contributed by atoms with E-state index >= 15 is 0 Å². The fourth-order valence-corrected chi connectivity index (χ4v) is 2.01. The van der Waals surface area contributed by atoms with Crippen LogP contribution in [-0.4, -0.2) is 46.6 Å². The van der Waals surface area contributed by atoms with Gasteiger partial charge in [-0.05, 0) is 13.8 Å². The van der Waals surface area contributed by atoms with Crippen LogP contribution in [0.15, 0.2) is 4.52 Å². The molecule has 1 saturated heterocycles. The van der Waals surface area contributed by atoms with Crippen LogP contribution in [0.1, 0.15) is 25.1 Å². The van der Waals surface area contributed by atoms with E-state index in [2.05, 4.69) is 22.4 Å². The molecule has 1 amide bonds. The Bertz CT molecular complexity index is 391. The number of nitrogens with one attached hydrogen (secondary N) is 1. The molecule has 0 bridgehead atoms. The van der Waals surface area contributed by atoms with Gasteiger partial charge < -0.3 is 14.7 Å². The molecule has 1 fully saturated rings. The molecule has 94 valence electrons. The van der Waals surface area contributed by atoms with E-state index in [9.17, 15) is 4.79 Å². The standard InChI is InChI=1S/C11H18N4O2/c1-8-7-12-5-6-15(8)11(16)4-3-10-13-9(2)14-17-10/h8,12H,3-7H2,1-2H3/t8-/m0/s1. The van der Waals surface area contributed by atoms with Gasteiger partial charge in [0.05, 0.1) is 0 Å². The molecule has 2 heterocycles. The van der Waals surface area contributed by atoms with E-state index in [-0.39, 0.29) is 11.9 Å². The van der Waals surface area contributed by atoms with E-state index < -0.39 is 0 Å². The van der Waals surface area contributed by atoms with E-state index in [0.717, 1.165) is 19.6 Å². The summed E-state index contributed by atoms with van der Waals surface area (Å²) >= 11 is 0. The number of aromatic nitrogens is 2. The van der Waals surface area contributed by atoms with Gasteiger partial charge in [-0.3, -0.25) is 4.79 Å². The van der Waals surface area contributed by atoms with Gasteiger partial charge in [0.2, 0.25) is 11.8 Å². The Labute approximate surface area is 100 Å². The lowest BCUT2D eigenvalue weighted by Crippen LogP contribution is -2.52. The number of nitrogens with zero attached hydrogens (tertiary/aromatic N) is 3. The quantitative estimate of drug-likeness (QED) is 0.810.